The van der Waals surface area contributed by atoms with Crippen LogP contribution in [0.2, 0.25) is 5.02 Å². The molecular formula is C15H11ClO5. The zero-order valence-electron chi connectivity index (χ0n) is 10.7. The van der Waals surface area contributed by atoms with Crippen molar-refractivity contribution in [1.29, 1.82) is 0 Å². The van der Waals surface area contributed by atoms with E-state index in [4.69, 9.17) is 21.8 Å². The Labute approximate surface area is 125 Å². The van der Waals surface area contributed by atoms with Crippen molar-refractivity contribution in [3.63, 3.8) is 0 Å². The molecule has 0 amide bonds. The van der Waals surface area contributed by atoms with Crippen molar-refractivity contribution in [2.45, 2.75) is 6.10 Å². The van der Waals surface area contributed by atoms with E-state index in [-0.39, 0.29) is 16.7 Å². The molecule has 0 saturated heterocycles. The number of aliphatic hydroxyl groups is 1. The predicted octanol–water partition coefficient (Wildman–Crippen LogP) is 2.82. The second kappa shape index (κ2) is 5.95. The molecule has 0 radical (unpaired) electrons. The fourth-order valence-corrected chi connectivity index (χ4v) is 2.12. The monoisotopic (exact) mass is 306 g/mol. The molecule has 108 valence electrons. The lowest BCUT2D eigenvalue weighted by molar-refractivity contribution is 0.0696. The molecule has 1 atom stereocenters. The van der Waals surface area contributed by atoms with Gasteiger partial charge in [-0.3, -0.25) is 0 Å². The summed E-state index contributed by atoms with van der Waals surface area (Å²) in [5.74, 6) is -2.53. The molecule has 0 spiro atoms. The number of hydrogen-bond acceptors (Lipinski definition) is 3. The first kappa shape index (κ1) is 15.0. The van der Waals surface area contributed by atoms with E-state index >= 15 is 0 Å². The summed E-state index contributed by atoms with van der Waals surface area (Å²) in [5.41, 5.74) is 0.216. The zero-order chi connectivity index (χ0) is 15.6. The van der Waals surface area contributed by atoms with Crippen molar-refractivity contribution in [1.82, 2.24) is 0 Å². The van der Waals surface area contributed by atoms with Crippen LogP contribution in [-0.2, 0) is 0 Å². The van der Waals surface area contributed by atoms with Gasteiger partial charge in [-0.2, -0.15) is 0 Å². The molecule has 0 saturated carbocycles. The first-order chi connectivity index (χ1) is 9.88. The van der Waals surface area contributed by atoms with Gasteiger partial charge in [-0.25, -0.2) is 9.59 Å². The van der Waals surface area contributed by atoms with Gasteiger partial charge >= 0.3 is 11.9 Å². The Morgan fingerprint density at radius 1 is 0.905 bits per heavy atom. The van der Waals surface area contributed by atoms with Gasteiger partial charge in [0.15, 0.2) is 0 Å². The Balaban J connectivity index is 2.51. The van der Waals surface area contributed by atoms with E-state index in [1.165, 1.54) is 18.2 Å². The van der Waals surface area contributed by atoms with Crippen LogP contribution in [-0.4, -0.2) is 27.3 Å². The van der Waals surface area contributed by atoms with Gasteiger partial charge in [-0.05, 0) is 41.5 Å². The van der Waals surface area contributed by atoms with Crippen molar-refractivity contribution in [2.75, 3.05) is 0 Å². The van der Waals surface area contributed by atoms with Crippen molar-refractivity contribution >= 4 is 23.5 Å². The summed E-state index contributed by atoms with van der Waals surface area (Å²) in [4.78, 5) is 22.1. The van der Waals surface area contributed by atoms with Crippen LogP contribution in [0.1, 0.15) is 37.9 Å². The smallest absolute Gasteiger partial charge is 0.335 e. The van der Waals surface area contributed by atoms with Crippen LogP contribution >= 0.6 is 11.6 Å². The maximum Gasteiger partial charge on any atom is 0.335 e. The predicted molar refractivity (Wildman–Crippen MR) is 75.9 cm³/mol. The molecule has 2 aromatic rings. The van der Waals surface area contributed by atoms with Gasteiger partial charge in [-0.15, -0.1) is 0 Å². The second-order valence-electron chi connectivity index (χ2n) is 4.41. The number of halogens is 1. The van der Waals surface area contributed by atoms with Gasteiger partial charge < -0.3 is 15.3 Å². The van der Waals surface area contributed by atoms with Crippen LogP contribution in [0, 0.1) is 0 Å². The highest BCUT2D eigenvalue weighted by atomic mass is 35.5. The van der Waals surface area contributed by atoms with E-state index in [9.17, 15) is 14.7 Å². The quantitative estimate of drug-likeness (QED) is 0.807. The summed E-state index contributed by atoms with van der Waals surface area (Å²) in [6.07, 6.45) is -1.17. The Morgan fingerprint density at radius 3 is 1.95 bits per heavy atom. The second-order valence-corrected chi connectivity index (χ2v) is 4.85. The lowest BCUT2D eigenvalue weighted by Gasteiger charge is -2.13. The minimum Gasteiger partial charge on any atom is -0.478 e. The summed E-state index contributed by atoms with van der Waals surface area (Å²) in [5, 5.41) is 28.7. The number of hydrogen-bond donors (Lipinski definition) is 3. The Kier molecular flexibility index (Phi) is 4.26. The summed E-state index contributed by atoms with van der Waals surface area (Å²) < 4.78 is 0. The third kappa shape index (κ3) is 3.39. The molecule has 0 aliphatic rings. The standard InChI is InChI=1S/C15H11ClO5/c16-12-3-1-2-8(7-12)13(17)9-4-10(14(18)19)6-11(5-9)15(20)21/h1-7,13,17H,(H,18,19)(H,20,21). The number of carboxylic acids is 2. The Bertz CT molecular complexity index is 679. The average molecular weight is 307 g/mol. The molecule has 0 fully saturated rings. The van der Waals surface area contributed by atoms with Gasteiger partial charge in [-0.1, -0.05) is 23.7 Å². The van der Waals surface area contributed by atoms with E-state index in [0.717, 1.165) is 6.07 Å². The maximum atomic E-state index is 11.0. The van der Waals surface area contributed by atoms with E-state index in [1.807, 2.05) is 0 Å². The summed E-state index contributed by atoms with van der Waals surface area (Å²) in [6, 6.07) is 9.93. The molecule has 0 bridgehead atoms. The van der Waals surface area contributed by atoms with E-state index in [0.29, 0.717) is 10.6 Å². The normalized spacial score (nSPS) is 11.9. The minimum absolute atomic E-state index is 0.176. The third-order valence-electron chi connectivity index (χ3n) is 2.93. The molecule has 1 unspecified atom stereocenters. The van der Waals surface area contributed by atoms with Crippen molar-refractivity contribution in [2.24, 2.45) is 0 Å². The van der Waals surface area contributed by atoms with Gasteiger partial charge in [0.05, 0.1) is 11.1 Å². The Morgan fingerprint density at radius 2 is 1.48 bits per heavy atom. The van der Waals surface area contributed by atoms with Crippen LogP contribution in [0.5, 0.6) is 0 Å². The topological polar surface area (TPSA) is 94.8 Å². The number of carboxylic acid groups (broad SMARTS) is 2. The fraction of sp³-hybridized carbons (Fsp3) is 0.0667. The molecule has 0 aliphatic carbocycles. The zero-order valence-corrected chi connectivity index (χ0v) is 11.4. The lowest BCUT2D eigenvalue weighted by atomic mass is 9.97. The number of aliphatic hydroxyl groups excluding tert-OH is 1. The Hall–Kier alpha value is -2.37. The van der Waals surface area contributed by atoms with Gasteiger partial charge in [0, 0.05) is 5.02 Å². The number of benzene rings is 2. The minimum atomic E-state index is -1.27. The van der Waals surface area contributed by atoms with Gasteiger partial charge in [0.2, 0.25) is 0 Å². The van der Waals surface area contributed by atoms with E-state index < -0.39 is 18.0 Å². The molecule has 2 aromatic carbocycles. The molecule has 21 heavy (non-hydrogen) atoms. The highest BCUT2D eigenvalue weighted by Crippen LogP contribution is 2.26. The molecule has 3 N–H and O–H groups in total. The number of rotatable bonds is 4. The maximum absolute atomic E-state index is 11.0. The van der Waals surface area contributed by atoms with E-state index in [2.05, 4.69) is 0 Å². The average Bonchev–Trinajstić information content (AvgIpc) is 2.45. The van der Waals surface area contributed by atoms with Gasteiger partial charge in [0.25, 0.3) is 0 Å². The fourth-order valence-electron chi connectivity index (χ4n) is 1.93. The SMILES string of the molecule is O=C(O)c1cc(C(=O)O)cc(C(O)c2cccc(Cl)c2)c1. The summed E-state index contributed by atoms with van der Waals surface area (Å²) in [6.45, 7) is 0. The molecular weight excluding hydrogens is 296 g/mol. The van der Waals surface area contributed by atoms with Crippen molar-refractivity contribution in [3.05, 3.63) is 69.7 Å². The lowest BCUT2D eigenvalue weighted by Crippen LogP contribution is -2.07. The molecule has 0 heterocycles. The molecule has 0 aromatic heterocycles. The highest BCUT2D eigenvalue weighted by Gasteiger charge is 2.17. The number of carbonyl (C=O) groups is 2. The first-order valence-electron chi connectivity index (χ1n) is 5.93. The van der Waals surface area contributed by atoms with Gasteiger partial charge in [0.1, 0.15) is 6.10 Å². The van der Waals surface area contributed by atoms with Crippen LogP contribution in [0.3, 0.4) is 0 Å². The molecule has 6 heteroatoms. The van der Waals surface area contributed by atoms with Crippen LogP contribution < -0.4 is 0 Å². The van der Waals surface area contributed by atoms with Crippen molar-refractivity contribution < 1.29 is 24.9 Å². The molecule has 2 rings (SSSR count). The number of aromatic carboxylic acids is 2. The van der Waals surface area contributed by atoms with Crippen LogP contribution in [0.15, 0.2) is 42.5 Å². The summed E-state index contributed by atoms with van der Waals surface area (Å²) >= 11 is 5.84. The summed E-state index contributed by atoms with van der Waals surface area (Å²) in [7, 11) is 0. The highest BCUT2D eigenvalue weighted by molar-refractivity contribution is 6.30. The first-order valence-corrected chi connectivity index (χ1v) is 6.31. The van der Waals surface area contributed by atoms with Crippen molar-refractivity contribution in [3.8, 4) is 0 Å². The van der Waals surface area contributed by atoms with E-state index in [1.54, 1.807) is 18.2 Å². The van der Waals surface area contributed by atoms with Crippen LogP contribution in [0.25, 0.3) is 0 Å². The van der Waals surface area contributed by atoms with Crippen LogP contribution in [0.4, 0.5) is 0 Å². The molecule has 0 aliphatic heterocycles. The molecule has 5 nitrogen and oxygen atoms in total. The largest absolute Gasteiger partial charge is 0.478 e. The third-order valence-corrected chi connectivity index (χ3v) is 3.16.